The van der Waals surface area contributed by atoms with Gasteiger partial charge in [0, 0.05) is 24.2 Å². The van der Waals surface area contributed by atoms with E-state index in [-0.39, 0.29) is 0 Å². The summed E-state index contributed by atoms with van der Waals surface area (Å²) in [7, 11) is 0. The fourth-order valence-corrected chi connectivity index (χ4v) is 3.06. The van der Waals surface area contributed by atoms with Crippen LogP contribution in [-0.4, -0.2) is 4.98 Å². The van der Waals surface area contributed by atoms with Gasteiger partial charge in [0.1, 0.15) is 0 Å². The van der Waals surface area contributed by atoms with Crippen LogP contribution < -0.4 is 5.32 Å². The summed E-state index contributed by atoms with van der Waals surface area (Å²) in [5.41, 5.74) is 3.01. The zero-order chi connectivity index (χ0) is 12.4. The molecule has 0 bridgehead atoms. The van der Waals surface area contributed by atoms with Gasteiger partial charge in [-0.1, -0.05) is 24.3 Å². The fourth-order valence-electron chi connectivity index (χ4n) is 2.30. The number of benzene rings is 1. The number of aryl methyl sites for hydroxylation is 1. The number of hydrogen-bond acceptors (Lipinski definition) is 3. The molecular formula is C15H18N2S. The van der Waals surface area contributed by atoms with Gasteiger partial charge < -0.3 is 5.32 Å². The Hall–Kier alpha value is -1.19. The van der Waals surface area contributed by atoms with Gasteiger partial charge in [0.2, 0.25) is 0 Å². The minimum Gasteiger partial charge on any atom is -0.308 e. The molecular weight excluding hydrogens is 240 g/mol. The summed E-state index contributed by atoms with van der Waals surface area (Å²) in [6.07, 6.45) is 4.70. The molecule has 18 heavy (non-hydrogen) atoms. The predicted octanol–water partition coefficient (Wildman–Crippen LogP) is 3.62. The molecule has 2 aromatic rings. The molecule has 0 amide bonds. The Morgan fingerprint density at radius 3 is 2.83 bits per heavy atom. The van der Waals surface area contributed by atoms with Gasteiger partial charge in [-0.3, -0.25) is 0 Å². The van der Waals surface area contributed by atoms with Crippen LogP contribution in [0.2, 0.25) is 0 Å². The Labute approximate surface area is 112 Å². The maximum Gasteiger partial charge on any atom is 0.0897 e. The van der Waals surface area contributed by atoms with E-state index in [1.54, 1.807) is 16.9 Å². The van der Waals surface area contributed by atoms with E-state index >= 15 is 0 Å². The lowest BCUT2D eigenvalue weighted by atomic mass is 10.0. The van der Waals surface area contributed by atoms with Crippen LogP contribution in [0.4, 0.5) is 0 Å². The van der Waals surface area contributed by atoms with Gasteiger partial charge in [-0.25, -0.2) is 4.98 Å². The molecule has 1 N–H and O–H groups in total. The molecule has 1 aromatic heterocycles. The van der Waals surface area contributed by atoms with Gasteiger partial charge in [0.25, 0.3) is 0 Å². The molecule has 1 saturated carbocycles. The summed E-state index contributed by atoms with van der Waals surface area (Å²) >= 11 is 1.77. The van der Waals surface area contributed by atoms with E-state index in [9.17, 15) is 0 Å². The number of hydrogen-bond donors (Lipinski definition) is 1. The van der Waals surface area contributed by atoms with Gasteiger partial charge in [0.05, 0.1) is 5.01 Å². The Kier molecular flexibility index (Phi) is 3.43. The van der Waals surface area contributed by atoms with Crippen LogP contribution in [0.3, 0.4) is 0 Å². The molecule has 0 spiro atoms. The molecule has 94 valence electrons. The van der Waals surface area contributed by atoms with E-state index in [2.05, 4.69) is 41.5 Å². The summed E-state index contributed by atoms with van der Waals surface area (Å²) in [5, 5.41) is 4.67. The quantitative estimate of drug-likeness (QED) is 0.886. The minimum absolute atomic E-state index is 0.827. The van der Waals surface area contributed by atoms with Gasteiger partial charge in [-0.05, 0) is 36.8 Å². The van der Waals surface area contributed by atoms with Crippen LogP contribution in [0, 0.1) is 6.92 Å². The van der Waals surface area contributed by atoms with E-state index < -0.39 is 0 Å². The van der Waals surface area contributed by atoms with Gasteiger partial charge >= 0.3 is 0 Å². The lowest BCUT2D eigenvalue weighted by Crippen LogP contribution is -2.13. The number of nitrogens with zero attached hydrogens (tertiary/aromatic N) is 1. The lowest BCUT2D eigenvalue weighted by molar-refractivity contribution is 0.694. The number of aromatic nitrogens is 1. The van der Waals surface area contributed by atoms with E-state index in [1.165, 1.54) is 23.3 Å². The number of rotatable bonds is 5. The summed E-state index contributed by atoms with van der Waals surface area (Å²) in [4.78, 5) is 5.59. The van der Waals surface area contributed by atoms with Crippen LogP contribution in [0.1, 0.15) is 39.8 Å². The maximum absolute atomic E-state index is 4.28. The first-order valence-corrected chi connectivity index (χ1v) is 7.34. The Morgan fingerprint density at radius 1 is 1.28 bits per heavy atom. The second-order valence-electron chi connectivity index (χ2n) is 4.92. The minimum atomic E-state index is 0.827. The standard InChI is InChI=1S/C15H18N2S/c1-11-17-10-14(18-11)9-16-8-13-4-2-3-5-15(13)12-6-7-12/h2-5,10,12,16H,6-9H2,1H3. The highest BCUT2D eigenvalue weighted by Crippen LogP contribution is 2.41. The third-order valence-corrected chi connectivity index (χ3v) is 4.27. The van der Waals surface area contributed by atoms with Crippen molar-refractivity contribution in [2.45, 2.75) is 38.8 Å². The first-order valence-electron chi connectivity index (χ1n) is 6.53. The highest BCUT2D eigenvalue weighted by molar-refractivity contribution is 7.11. The average Bonchev–Trinajstić information content (AvgIpc) is 3.14. The molecule has 1 aliphatic rings. The Morgan fingerprint density at radius 2 is 2.11 bits per heavy atom. The van der Waals surface area contributed by atoms with E-state index in [0.29, 0.717) is 0 Å². The number of nitrogens with one attached hydrogen (secondary N) is 1. The van der Waals surface area contributed by atoms with Crippen molar-refractivity contribution in [3.8, 4) is 0 Å². The van der Waals surface area contributed by atoms with Crippen LogP contribution in [-0.2, 0) is 13.1 Å². The molecule has 0 radical (unpaired) electrons. The molecule has 1 fully saturated rings. The fraction of sp³-hybridized carbons (Fsp3) is 0.400. The summed E-state index contributed by atoms with van der Waals surface area (Å²) in [5.74, 6) is 0.827. The van der Waals surface area contributed by atoms with E-state index in [1.807, 2.05) is 6.20 Å². The SMILES string of the molecule is Cc1ncc(CNCc2ccccc2C2CC2)s1. The summed E-state index contributed by atoms with van der Waals surface area (Å²) < 4.78 is 0. The van der Waals surface area contributed by atoms with Gasteiger partial charge in [-0.15, -0.1) is 11.3 Å². The molecule has 0 aliphatic heterocycles. The zero-order valence-corrected chi connectivity index (χ0v) is 11.5. The monoisotopic (exact) mass is 258 g/mol. The van der Waals surface area contributed by atoms with Crippen molar-refractivity contribution >= 4 is 11.3 Å². The third-order valence-electron chi connectivity index (χ3n) is 3.36. The van der Waals surface area contributed by atoms with Crippen molar-refractivity contribution in [1.82, 2.24) is 10.3 Å². The largest absolute Gasteiger partial charge is 0.308 e. The van der Waals surface area contributed by atoms with E-state index in [0.717, 1.165) is 24.0 Å². The topological polar surface area (TPSA) is 24.9 Å². The Bertz CT molecular complexity index is 529. The molecule has 0 unspecified atom stereocenters. The maximum atomic E-state index is 4.28. The van der Waals surface area contributed by atoms with Crippen molar-refractivity contribution in [2.24, 2.45) is 0 Å². The van der Waals surface area contributed by atoms with Gasteiger partial charge in [-0.2, -0.15) is 0 Å². The van der Waals surface area contributed by atoms with Crippen LogP contribution in [0.25, 0.3) is 0 Å². The average molecular weight is 258 g/mol. The molecule has 0 atom stereocenters. The zero-order valence-electron chi connectivity index (χ0n) is 10.6. The molecule has 2 nitrogen and oxygen atoms in total. The molecule has 0 saturated heterocycles. The summed E-state index contributed by atoms with van der Waals surface area (Å²) in [6.45, 7) is 3.94. The van der Waals surface area contributed by atoms with Crippen molar-refractivity contribution in [2.75, 3.05) is 0 Å². The van der Waals surface area contributed by atoms with Crippen LogP contribution in [0.15, 0.2) is 30.5 Å². The van der Waals surface area contributed by atoms with Crippen LogP contribution in [0.5, 0.6) is 0 Å². The second kappa shape index (κ2) is 5.21. The lowest BCUT2D eigenvalue weighted by Gasteiger charge is -2.09. The highest BCUT2D eigenvalue weighted by atomic mass is 32.1. The molecule has 3 rings (SSSR count). The number of thiazole rings is 1. The summed E-state index contributed by atoms with van der Waals surface area (Å²) in [6, 6.07) is 8.83. The van der Waals surface area contributed by atoms with Gasteiger partial charge in [0.15, 0.2) is 0 Å². The molecule has 3 heteroatoms. The Balaban J connectivity index is 1.59. The molecule has 1 aromatic carbocycles. The van der Waals surface area contributed by atoms with Crippen molar-refractivity contribution in [1.29, 1.82) is 0 Å². The van der Waals surface area contributed by atoms with Crippen molar-refractivity contribution in [3.63, 3.8) is 0 Å². The van der Waals surface area contributed by atoms with Crippen LogP contribution >= 0.6 is 11.3 Å². The first kappa shape index (κ1) is 11.9. The first-order chi connectivity index (χ1) is 8.83. The highest BCUT2D eigenvalue weighted by Gasteiger charge is 2.25. The normalized spacial score (nSPS) is 14.9. The van der Waals surface area contributed by atoms with E-state index in [4.69, 9.17) is 0 Å². The van der Waals surface area contributed by atoms with Crippen molar-refractivity contribution in [3.05, 3.63) is 51.5 Å². The second-order valence-corrected chi connectivity index (χ2v) is 6.24. The molecule has 1 heterocycles. The third kappa shape index (κ3) is 2.79. The molecule has 1 aliphatic carbocycles. The smallest absolute Gasteiger partial charge is 0.0897 e. The van der Waals surface area contributed by atoms with Crippen molar-refractivity contribution < 1.29 is 0 Å². The predicted molar refractivity (Wildman–Crippen MR) is 75.8 cm³/mol.